The molecule has 0 heterocycles. The Morgan fingerprint density at radius 3 is 1.86 bits per heavy atom. The van der Waals surface area contributed by atoms with E-state index in [0.29, 0.717) is 0 Å². The van der Waals surface area contributed by atoms with Crippen LogP contribution in [0.25, 0.3) is 11.1 Å². The maximum atomic E-state index is 11.1. The first-order valence-corrected chi connectivity index (χ1v) is 11.1. The molecule has 0 amide bonds. The molecule has 0 fully saturated rings. The Morgan fingerprint density at radius 2 is 1.31 bits per heavy atom. The molecule has 1 atom stereocenters. The van der Waals surface area contributed by atoms with Gasteiger partial charge in [0.25, 0.3) is 0 Å². The van der Waals surface area contributed by atoms with Gasteiger partial charge in [0.2, 0.25) is 0 Å². The maximum absolute atomic E-state index is 11.1. The van der Waals surface area contributed by atoms with Crippen LogP contribution in [0, 0.1) is 0 Å². The molecule has 0 aliphatic carbocycles. The van der Waals surface area contributed by atoms with E-state index in [1.807, 2.05) is 31.2 Å². The number of benzene rings is 2. The summed E-state index contributed by atoms with van der Waals surface area (Å²) in [5.41, 5.74) is 3.28. The standard InChI is InChI=1S/C26H36O3/c1-4-5-6-7-8-9-10-11-20-28-26-18-16-25(17-19-26)24-14-12-23(13-15-24)21(2)29-22(3)27/h12-19,21H,4-11,20H2,1-3H3. The van der Waals surface area contributed by atoms with E-state index in [1.54, 1.807) is 0 Å². The molecule has 158 valence electrons. The highest BCUT2D eigenvalue weighted by Crippen LogP contribution is 2.25. The van der Waals surface area contributed by atoms with Gasteiger partial charge in [-0.2, -0.15) is 0 Å². The molecule has 2 aromatic rings. The van der Waals surface area contributed by atoms with Crippen LogP contribution < -0.4 is 4.74 Å². The van der Waals surface area contributed by atoms with Crippen LogP contribution in [-0.2, 0) is 9.53 Å². The Kier molecular flexibility index (Phi) is 10.3. The normalized spacial score (nSPS) is 11.8. The van der Waals surface area contributed by atoms with Gasteiger partial charge in [0.1, 0.15) is 11.9 Å². The van der Waals surface area contributed by atoms with Crippen LogP contribution in [0.5, 0.6) is 5.75 Å². The first-order valence-electron chi connectivity index (χ1n) is 11.1. The second-order valence-electron chi connectivity index (χ2n) is 7.72. The van der Waals surface area contributed by atoms with Crippen molar-refractivity contribution in [2.75, 3.05) is 6.61 Å². The van der Waals surface area contributed by atoms with Crippen LogP contribution in [-0.4, -0.2) is 12.6 Å². The summed E-state index contributed by atoms with van der Waals surface area (Å²) in [6, 6.07) is 16.4. The second kappa shape index (κ2) is 13.0. The summed E-state index contributed by atoms with van der Waals surface area (Å²) in [6.07, 6.45) is 10.3. The third-order valence-corrected chi connectivity index (χ3v) is 5.18. The molecule has 3 heteroatoms. The third-order valence-electron chi connectivity index (χ3n) is 5.18. The lowest BCUT2D eigenvalue weighted by Crippen LogP contribution is -2.04. The van der Waals surface area contributed by atoms with Crippen molar-refractivity contribution in [3.05, 3.63) is 54.1 Å². The molecule has 3 nitrogen and oxygen atoms in total. The summed E-state index contributed by atoms with van der Waals surface area (Å²) >= 11 is 0. The van der Waals surface area contributed by atoms with E-state index in [9.17, 15) is 4.79 Å². The molecule has 2 aromatic carbocycles. The van der Waals surface area contributed by atoms with Crippen LogP contribution in [0.3, 0.4) is 0 Å². The van der Waals surface area contributed by atoms with E-state index in [1.165, 1.54) is 51.9 Å². The van der Waals surface area contributed by atoms with Crippen LogP contribution in [0.15, 0.2) is 48.5 Å². The van der Waals surface area contributed by atoms with Gasteiger partial charge in [-0.05, 0) is 42.2 Å². The molecule has 0 saturated heterocycles. The number of hydrogen-bond donors (Lipinski definition) is 0. The monoisotopic (exact) mass is 396 g/mol. The lowest BCUT2D eigenvalue weighted by Gasteiger charge is -2.13. The largest absolute Gasteiger partial charge is 0.494 e. The van der Waals surface area contributed by atoms with Gasteiger partial charge in [-0.25, -0.2) is 0 Å². The molecule has 0 N–H and O–H groups in total. The number of unbranched alkanes of at least 4 members (excludes halogenated alkanes) is 7. The van der Waals surface area contributed by atoms with E-state index in [0.717, 1.165) is 35.5 Å². The van der Waals surface area contributed by atoms with Gasteiger partial charge >= 0.3 is 5.97 Å². The van der Waals surface area contributed by atoms with E-state index >= 15 is 0 Å². The van der Waals surface area contributed by atoms with Crippen molar-refractivity contribution in [1.82, 2.24) is 0 Å². The van der Waals surface area contributed by atoms with E-state index in [4.69, 9.17) is 9.47 Å². The number of hydrogen-bond acceptors (Lipinski definition) is 3. The van der Waals surface area contributed by atoms with Crippen LogP contribution in [0.2, 0.25) is 0 Å². The quantitative estimate of drug-likeness (QED) is 0.260. The van der Waals surface area contributed by atoms with Crippen molar-refractivity contribution in [3.63, 3.8) is 0 Å². The topological polar surface area (TPSA) is 35.5 Å². The highest BCUT2D eigenvalue weighted by Gasteiger charge is 2.08. The smallest absolute Gasteiger partial charge is 0.303 e. The molecule has 0 aliphatic heterocycles. The van der Waals surface area contributed by atoms with Gasteiger partial charge in [-0.15, -0.1) is 0 Å². The fraction of sp³-hybridized carbons (Fsp3) is 0.500. The molecule has 1 unspecified atom stereocenters. The Labute approximate surface area is 176 Å². The van der Waals surface area contributed by atoms with Crippen LogP contribution in [0.4, 0.5) is 0 Å². The Hall–Kier alpha value is -2.29. The van der Waals surface area contributed by atoms with E-state index in [2.05, 4.69) is 31.2 Å². The third kappa shape index (κ3) is 8.72. The van der Waals surface area contributed by atoms with Crippen molar-refractivity contribution < 1.29 is 14.3 Å². The van der Waals surface area contributed by atoms with Gasteiger partial charge in [0.05, 0.1) is 6.61 Å². The van der Waals surface area contributed by atoms with Crippen molar-refractivity contribution >= 4 is 5.97 Å². The molecule has 0 spiro atoms. The summed E-state index contributed by atoms with van der Waals surface area (Å²) in [7, 11) is 0. The fourth-order valence-corrected chi connectivity index (χ4v) is 3.43. The Balaban J connectivity index is 1.72. The minimum absolute atomic E-state index is 0.228. The Morgan fingerprint density at radius 1 is 0.793 bits per heavy atom. The number of rotatable bonds is 13. The molecule has 0 aromatic heterocycles. The Bertz CT molecular complexity index is 704. The van der Waals surface area contributed by atoms with Crippen LogP contribution >= 0.6 is 0 Å². The molecule has 2 rings (SSSR count). The minimum Gasteiger partial charge on any atom is -0.494 e. The molecule has 0 radical (unpaired) electrons. The number of esters is 1. The second-order valence-corrected chi connectivity index (χ2v) is 7.72. The average Bonchev–Trinajstić information content (AvgIpc) is 2.73. The van der Waals surface area contributed by atoms with Gasteiger partial charge < -0.3 is 9.47 Å². The maximum Gasteiger partial charge on any atom is 0.303 e. The first-order chi connectivity index (χ1) is 14.1. The number of ether oxygens (including phenoxy) is 2. The number of carbonyl (C=O) groups excluding carboxylic acids is 1. The summed E-state index contributed by atoms with van der Waals surface area (Å²) in [5.74, 6) is 0.668. The highest BCUT2D eigenvalue weighted by atomic mass is 16.5. The van der Waals surface area contributed by atoms with Crippen molar-refractivity contribution in [2.24, 2.45) is 0 Å². The van der Waals surface area contributed by atoms with Crippen molar-refractivity contribution in [3.8, 4) is 16.9 Å². The molecule has 0 saturated carbocycles. The van der Waals surface area contributed by atoms with E-state index in [-0.39, 0.29) is 12.1 Å². The summed E-state index contributed by atoms with van der Waals surface area (Å²) in [4.78, 5) is 11.1. The van der Waals surface area contributed by atoms with Gasteiger partial charge in [-0.1, -0.05) is 88.3 Å². The van der Waals surface area contributed by atoms with Gasteiger partial charge in [0.15, 0.2) is 0 Å². The molecular weight excluding hydrogens is 360 g/mol. The molecular formula is C26H36O3. The first kappa shape index (κ1) is 23.0. The zero-order valence-corrected chi connectivity index (χ0v) is 18.3. The fourth-order valence-electron chi connectivity index (χ4n) is 3.43. The lowest BCUT2D eigenvalue weighted by atomic mass is 10.0. The average molecular weight is 397 g/mol. The van der Waals surface area contributed by atoms with Crippen molar-refractivity contribution in [1.29, 1.82) is 0 Å². The summed E-state index contributed by atoms with van der Waals surface area (Å²) in [6.45, 7) is 6.36. The minimum atomic E-state index is -0.260. The van der Waals surface area contributed by atoms with Gasteiger partial charge in [-0.3, -0.25) is 4.79 Å². The zero-order valence-electron chi connectivity index (χ0n) is 18.3. The zero-order chi connectivity index (χ0) is 20.9. The van der Waals surface area contributed by atoms with Crippen LogP contribution in [0.1, 0.15) is 83.8 Å². The van der Waals surface area contributed by atoms with E-state index < -0.39 is 0 Å². The highest BCUT2D eigenvalue weighted by molar-refractivity contribution is 5.67. The summed E-state index contributed by atoms with van der Waals surface area (Å²) in [5, 5.41) is 0. The SMILES string of the molecule is CCCCCCCCCCOc1ccc(-c2ccc(C(C)OC(C)=O)cc2)cc1. The van der Waals surface area contributed by atoms with Gasteiger partial charge in [0, 0.05) is 6.92 Å². The number of carbonyl (C=O) groups is 1. The lowest BCUT2D eigenvalue weighted by molar-refractivity contribution is -0.145. The van der Waals surface area contributed by atoms with Crippen molar-refractivity contribution in [2.45, 2.75) is 78.2 Å². The summed E-state index contributed by atoms with van der Waals surface area (Å²) < 4.78 is 11.1. The molecule has 0 aliphatic rings. The predicted octanol–water partition coefficient (Wildman–Crippen LogP) is 7.50. The molecule has 29 heavy (non-hydrogen) atoms. The predicted molar refractivity (Wildman–Crippen MR) is 120 cm³/mol. The molecule has 0 bridgehead atoms.